The SMILES string of the molecule is CCCCCC(Cc1ccc2ccccc2c1)c1ccc(-c2ccc(OC(F)F)cc2)c(F)c1. The summed E-state index contributed by atoms with van der Waals surface area (Å²) in [4.78, 5) is 0. The van der Waals surface area contributed by atoms with Gasteiger partial charge in [-0.2, -0.15) is 8.78 Å². The number of alkyl halides is 2. The Morgan fingerprint density at radius 3 is 2.26 bits per heavy atom. The molecular formula is C30H29F3O. The lowest BCUT2D eigenvalue weighted by Gasteiger charge is -2.19. The second-order valence-corrected chi connectivity index (χ2v) is 8.72. The first-order chi connectivity index (χ1) is 16.5. The molecule has 0 N–H and O–H groups in total. The van der Waals surface area contributed by atoms with Crippen molar-refractivity contribution in [2.24, 2.45) is 0 Å². The van der Waals surface area contributed by atoms with Crippen molar-refractivity contribution >= 4 is 10.8 Å². The van der Waals surface area contributed by atoms with Crippen molar-refractivity contribution in [1.29, 1.82) is 0 Å². The number of rotatable bonds is 10. The molecule has 0 radical (unpaired) electrons. The zero-order valence-corrected chi connectivity index (χ0v) is 19.3. The van der Waals surface area contributed by atoms with Crippen LogP contribution in [0.15, 0.2) is 84.9 Å². The number of halogens is 3. The predicted molar refractivity (Wildman–Crippen MR) is 133 cm³/mol. The van der Waals surface area contributed by atoms with E-state index < -0.39 is 6.61 Å². The van der Waals surface area contributed by atoms with Gasteiger partial charge in [-0.25, -0.2) is 4.39 Å². The molecule has 0 spiro atoms. The van der Waals surface area contributed by atoms with Crippen LogP contribution in [0.25, 0.3) is 21.9 Å². The molecular weight excluding hydrogens is 433 g/mol. The second kappa shape index (κ2) is 11.2. The third-order valence-electron chi connectivity index (χ3n) is 6.31. The van der Waals surface area contributed by atoms with Crippen LogP contribution in [0.4, 0.5) is 13.2 Å². The minimum absolute atomic E-state index is 0.0575. The van der Waals surface area contributed by atoms with Crippen molar-refractivity contribution in [3.63, 3.8) is 0 Å². The van der Waals surface area contributed by atoms with Gasteiger partial charge in [-0.05, 0) is 64.4 Å². The lowest BCUT2D eigenvalue weighted by atomic mass is 9.86. The van der Waals surface area contributed by atoms with Gasteiger partial charge in [0.05, 0.1) is 0 Å². The van der Waals surface area contributed by atoms with Crippen molar-refractivity contribution < 1.29 is 17.9 Å². The average molecular weight is 463 g/mol. The van der Waals surface area contributed by atoms with E-state index in [1.807, 2.05) is 18.2 Å². The quantitative estimate of drug-likeness (QED) is 0.214. The van der Waals surface area contributed by atoms with E-state index in [0.717, 1.165) is 37.7 Å². The lowest BCUT2D eigenvalue weighted by Crippen LogP contribution is -2.05. The molecule has 0 saturated heterocycles. The van der Waals surface area contributed by atoms with Crippen molar-refractivity contribution in [3.8, 4) is 16.9 Å². The Labute approximate surface area is 199 Å². The molecule has 0 aromatic heterocycles. The Bertz CT molecular complexity index is 1220. The fourth-order valence-electron chi connectivity index (χ4n) is 4.51. The normalized spacial score (nSPS) is 12.3. The predicted octanol–water partition coefficient (Wildman–Crippen LogP) is 9.15. The molecule has 0 aliphatic rings. The molecule has 0 amide bonds. The summed E-state index contributed by atoms with van der Waals surface area (Å²) in [5, 5.41) is 2.43. The maximum absolute atomic E-state index is 15.2. The summed E-state index contributed by atoms with van der Waals surface area (Å²) >= 11 is 0. The Morgan fingerprint density at radius 2 is 1.56 bits per heavy atom. The molecule has 4 heteroatoms. The smallest absolute Gasteiger partial charge is 0.387 e. The fourth-order valence-corrected chi connectivity index (χ4v) is 4.51. The zero-order chi connectivity index (χ0) is 23.9. The van der Waals surface area contributed by atoms with E-state index in [1.54, 1.807) is 24.3 Å². The van der Waals surface area contributed by atoms with E-state index in [2.05, 4.69) is 42.0 Å². The molecule has 1 unspecified atom stereocenters. The van der Waals surface area contributed by atoms with Crippen LogP contribution in [0.2, 0.25) is 0 Å². The number of hydrogen-bond donors (Lipinski definition) is 0. The van der Waals surface area contributed by atoms with Crippen LogP contribution in [0.5, 0.6) is 5.75 Å². The third kappa shape index (κ3) is 5.99. The van der Waals surface area contributed by atoms with Gasteiger partial charge in [-0.1, -0.05) is 92.9 Å². The van der Waals surface area contributed by atoms with E-state index in [9.17, 15) is 8.78 Å². The number of benzene rings is 4. The Hall–Kier alpha value is -3.27. The molecule has 0 aliphatic heterocycles. The monoisotopic (exact) mass is 462 g/mol. The number of fused-ring (bicyclic) bond motifs is 1. The third-order valence-corrected chi connectivity index (χ3v) is 6.31. The molecule has 4 rings (SSSR count). The van der Waals surface area contributed by atoms with Gasteiger partial charge in [-0.3, -0.25) is 0 Å². The minimum Gasteiger partial charge on any atom is -0.435 e. The summed E-state index contributed by atoms with van der Waals surface area (Å²) < 4.78 is 44.4. The molecule has 4 aromatic rings. The molecule has 1 atom stereocenters. The maximum atomic E-state index is 15.2. The van der Waals surface area contributed by atoms with Gasteiger partial charge in [0.25, 0.3) is 0 Å². The summed E-state index contributed by atoms with van der Waals surface area (Å²) in [6.07, 6.45) is 5.25. The van der Waals surface area contributed by atoms with Gasteiger partial charge >= 0.3 is 6.61 Å². The molecule has 0 heterocycles. The molecule has 4 aromatic carbocycles. The van der Waals surface area contributed by atoms with E-state index >= 15 is 4.39 Å². The molecule has 0 fully saturated rings. The van der Waals surface area contributed by atoms with Gasteiger partial charge in [0, 0.05) is 5.56 Å². The first-order valence-electron chi connectivity index (χ1n) is 11.9. The van der Waals surface area contributed by atoms with Crippen molar-refractivity contribution in [1.82, 2.24) is 0 Å². The largest absolute Gasteiger partial charge is 0.435 e. The lowest BCUT2D eigenvalue weighted by molar-refractivity contribution is -0.0498. The van der Waals surface area contributed by atoms with Crippen LogP contribution in [0.1, 0.15) is 49.7 Å². The topological polar surface area (TPSA) is 9.23 Å². The van der Waals surface area contributed by atoms with Crippen molar-refractivity contribution in [3.05, 3.63) is 102 Å². The van der Waals surface area contributed by atoms with Crippen LogP contribution < -0.4 is 4.74 Å². The minimum atomic E-state index is -2.88. The van der Waals surface area contributed by atoms with E-state index in [1.165, 1.54) is 28.5 Å². The molecule has 0 bridgehead atoms. The van der Waals surface area contributed by atoms with Crippen molar-refractivity contribution in [2.75, 3.05) is 0 Å². The standard InChI is InChI=1S/C30H29F3O/c1-2-3-4-8-25(19-21-10-11-22-7-5-6-9-24(22)18-21)26-14-17-28(29(31)20-26)23-12-15-27(16-13-23)34-30(32)33/h5-7,9-18,20,25,30H,2-4,8,19H2,1H3. The Morgan fingerprint density at radius 1 is 0.794 bits per heavy atom. The summed E-state index contributed by atoms with van der Waals surface area (Å²) in [7, 11) is 0. The van der Waals surface area contributed by atoms with Crippen LogP contribution in [0.3, 0.4) is 0 Å². The summed E-state index contributed by atoms with van der Waals surface area (Å²) in [6, 6.07) is 26.4. The first kappa shape index (κ1) is 23.9. The van der Waals surface area contributed by atoms with Gasteiger partial charge in [-0.15, -0.1) is 0 Å². The number of hydrogen-bond acceptors (Lipinski definition) is 1. The molecule has 0 aliphatic carbocycles. The molecule has 176 valence electrons. The van der Waals surface area contributed by atoms with Crippen LogP contribution >= 0.6 is 0 Å². The summed E-state index contributed by atoms with van der Waals surface area (Å²) in [5.41, 5.74) is 3.32. The van der Waals surface area contributed by atoms with Crippen LogP contribution in [-0.4, -0.2) is 6.61 Å². The fraction of sp³-hybridized carbons (Fsp3) is 0.267. The number of ether oxygens (including phenoxy) is 1. The van der Waals surface area contributed by atoms with Crippen LogP contribution in [-0.2, 0) is 6.42 Å². The Balaban J connectivity index is 1.57. The van der Waals surface area contributed by atoms with Crippen molar-refractivity contribution in [2.45, 2.75) is 51.6 Å². The summed E-state index contributed by atoms with van der Waals surface area (Å²) in [6.45, 7) is -0.696. The van der Waals surface area contributed by atoms with Gasteiger partial charge in [0.2, 0.25) is 0 Å². The maximum Gasteiger partial charge on any atom is 0.387 e. The van der Waals surface area contributed by atoms with E-state index in [-0.39, 0.29) is 17.5 Å². The highest BCUT2D eigenvalue weighted by Crippen LogP contribution is 2.32. The van der Waals surface area contributed by atoms with E-state index in [4.69, 9.17) is 0 Å². The highest BCUT2D eigenvalue weighted by atomic mass is 19.3. The Kier molecular flexibility index (Phi) is 7.89. The molecule has 1 nitrogen and oxygen atoms in total. The highest BCUT2D eigenvalue weighted by Gasteiger charge is 2.16. The van der Waals surface area contributed by atoms with Gasteiger partial charge in [0.1, 0.15) is 11.6 Å². The average Bonchev–Trinajstić information content (AvgIpc) is 2.84. The van der Waals surface area contributed by atoms with Gasteiger partial charge in [0.15, 0.2) is 0 Å². The highest BCUT2D eigenvalue weighted by molar-refractivity contribution is 5.83. The van der Waals surface area contributed by atoms with E-state index in [0.29, 0.717) is 11.1 Å². The van der Waals surface area contributed by atoms with Gasteiger partial charge < -0.3 is 4.74 Å². The molecule has 0 saturated carbocycles. The molecule has 34 heavy (non-hydrogen) atoms. The summed E-state index contributed by atoms with van der Waals surface area (Å²) in [5.74, 6) is -0.0285. The second-order valence-electron chi connectivity index (χ2n) is 8.72. The van der Waals surface area contributed by atoms with Crippen LogP contribution in [0, 0.1) is 5.82 Å². The zero-order valence-electron chi connectivity index (χ0n) is 19.3. The number of unbranched alkanes of at least 4 members (excludes halogenated alkanes) is 2. The first-order valence-corrected chi connectivity index (χ1v) is 11.9.